The van der Waals surface area contributed by atoms with E-state index < -0.39 is 94.6 Å². The Kier molecular flexibility index (Phi) is 8.95. The number of anilines is 1. The summed E-state index contributed by atoms with van der Waals surface area (Å²) in [5.74, 6) is -61.9. The van der Waals surface area contributed by atoms with Crippen LogP contribution in [0.4, 0.5) is 84.7 Å². The number of benzene rings is 1. The second-order valence-corrected chi connectivity index (χ2v) is 7.93. The van der Waals surface area contributed by atoms with Crippen LogP contribution in [0, 0.1) is 17.5 Å². The van der Waals surface area contributed by atoms with Gasteiger partial charge in [-0.15, -0.1) is 0 Å². The van der Waals surface area contributed by atoms with Crippen LogP contribution in [0.2, 0.25) is 0 Å². The summed E-state index contributed by atoms with van der Waals surface area (Å²) in [7, 11) is 0. The van der Waals surface area contributed by atoms with Crippen molar-refractivity contribution < 1.29 is 93.1 Å². The average molecular weight is 669 g/mol. The molecule has 1 aromatic heterocycles. The molecule has 1 aromatic carbocycles. The Morgan fingerprint density at radius 3 is 1.77 bits per heavy atom. The Bertz CT molecular complexity index is 1350. The van der Waals surface area contributed by atoms with Crippen molar-refractivity contribution in [3.05, 3.63) is 29.3 Å². The molecule has 1 N–H and O–H groups in total. The quantitative estimate of drug-likeness (QED) is 0.159. The van der Waals surface area contributed by atoms with Crippen LogP contribution in [0.3, 0.4) is 0 Å². The number of aromatic nitrogens is 2. The molecular weight excluding hydrogens is 660 g/mol. The lowest BCUT2D eigenvalue weighted by molar-refractivity contribution is -0.454. The van der Waals surface area contributed by atoms with Gasteiger partial charge < -0.3 is 14.6 Å². The van der Waals surface area contributed by atoms with Gasteiger partial charge in [0.2, 0.25) is 5.82 Å². The van der Waals surface area contributed by atoms with Crippen molar-refractivity contribution in [3.8, 4) is 11.5 Å². The first-order chi connectivity index (χ1) is 19.1. The largest absolute Gasteiger partial charge is 0.465 e. The van der Waals surface area contributed by atoms with Crippen molar-refractivity contribution in [3.63, 3.8) is 0 Å². The second kappa shape index (κ2) is 10.8. The monoisotopic (exact) mass is 669 g/mol. The predicted molar refractivity (Wildman–Crippen MR) is 99.4 cm³/mol. The maximum absolute atomic E-state index is 14.4. The van der Waals surface area contributed by atoms with Gasteiger partial charge in [0.15, 0.2) is 11.6 Å². The number of halogens is 18. The number of hydrogen-bond acceptors (Lipinski definition) is 6. The summed E-state index contributed by atoms with van der Waals surface area (Å²) in [6, 6.07) is -0.206. The van der Waals surface area contributed by atoms with Gasteiger partial charge in [0.05, 0.1) is 12.2 Å². The van der Waals surface area contributed by atoms with Gasteiger partial charge in [0.1, 0.15) is 18.0 Å². The first-order valence-corrected chi connectivity index (χ1v) is 10.4. The van der Waals surface area contributed by atoms with Crippen LogP contribution < -0.4 is 5.32 Å². The lowest BCUT2D eigenvalue weighted by Gasteiger charge is -2.40. The third-order valence-electron chi connectivity index (χ3n) is 5.14. The molecule has 43 heavy (non-hydrogen) atoms. The van der Waals surface area contributed by atoms with Crippen molar-refractivity contribution in [2.75, 3.05) is 18.5 Å². The number of nitrogens with one attached hydrogen (secondary N) is 1. The van der Waals surface area contributed by atoms with E-state index in [-0.39, 0.29) is 12.7 Å². The molecule has 2 aromatic rings. The van der Waals surface area contributed by atoms with E-state index in [2.05, 4.69) is 14.2 Å². The lowest BCUT2D eigenvalue weighted by atomic mass is 9.91. The molecule has 0 radical (unpaired) electrons. The predicted octanol–water partition coefficient (Wildman–Crippen LogP) is 6.96. The molecule has 24 heteroatoms. The van der Waals surface area contributed by atoms with Crippen LogP contribution in [0.5, 0.6) is 0 Å². The minimum Gasteiger partial charge on any atom is -0.465 e. The van der Waals surface area contributed by atoms with Crippen molar-refractivity contribution in [2.24, 2.45) is 0 Å². The maximum Gasteiger partial charge on any atom is 0.460 e. The molecule has 0 saturated carbocycles. The molecule has 0 bridgehead atoms. The summed E-state index contributed by atoms with van der Waals surface area (Å²) in [5, 5.41) is 3.59. The number of rotatable bonds is 11. The van der Waals surface area contributed by atoms with E-state index >= 15 is 0 Å². The SMILES string of the molecule is CCOC(=O)CNc1c(F)cc(-c2nc(C(F)(F)C(F)(F)C(F)(F)C(F)(F)C(F)(F)C(F)(F)C(F)(F)F)no2)c(F)c1F. The molecule has 0 amide bonds. The van der Waals surface area contributed by atoms with Crippen molar-refractivity contribution in [1.82, 2.24) is 10.1 Å². The molecule has 0 aliphatic rings. The molecule has 244 valence electrons. The van der Waals surface area contributed by atoms with Gasteiger partial charge in [-0.25, -0.2) is 13.2 Å². The number of esters is 1. The Labute approximate surface area is 223 Å². The lowest BCUT2D eigenvalue weighted by Crippen LogP contribution is -2.72. The highest BCUT2D eigenvalue weighted by molar-refractivity contribution is 5.75. The third-order valence-corrected chi connectivity index (χ3v) is 5.14. The Morgan fingerprint density at radius 2 is 1.28 bits per heavy atom. The van der Waals surface area contributed by atoms with E-state index in [4.69, 9.17) is 0 Å². The number of carbonyl (C=O) groups is 1. The summed E-state index contributed by atoms with van der Waals surface area (Å²) in [6.45, 7) is 0.104. The van der Waals surface area contributed by atoms with Gasteiger partial charge in [-0.05, 0) is 13.0 Å². The third kappa shape index (κ3) is 5.35. The highest BCUT2D eigenvalue weighted by atomic mass is 19.4. The molecule has 6 nitrogen and oxygen atoms in total. The first kappa shape index (κ1) is 35.6. The summed E-state index contributed by atoms with van der Waals surface area (Å²) >= 11 is 0. The van der Waals surface area contributed by atoms with Crippen LogP contribution in [0.1, 0.15) is 12.7 Å². The zero-order valence-corrected chi connectivity index (χ0v) is 19.9. The molecule has 0 spiro atoms. The van der Waals surface area contributed by atoms with E-state index in [1.54, 1.807) is 5.32 Å². The molecular formula is C19H9F18N3O3. The number of alkyl halides is 15. The van der Waals surface area contributed by atoms with E-state index in [9.17, 15) is 83.8 Å². The summed E-state index contributed by atoms with van der Waals surface area (Å²) in [4.78, 5) is 13.4. The van der Waals surface area contributed by atoms with Crippen molar-refractivity contribution >= 4 is 11.7 Å². The number of hydrogen-bond donors (Lipinski definition) is 1. The van der Waals surface area contributed by atoms with Gasteiger partial charge in [0.25, 0.3) is 5.89 Å². The van der Waals surface area contributed by atoms with Crippen LogP contribution in [0.25, 0.3) is 11.5 Å². The van der Waals surface area contributed by atoms with Gasteiger partial charge in [-0.1, -0.05) is 5.16 Å². The van der Waals surface area contributed by atoms with Crippen molar-refractivity contribution in [2.45, 2.75) is 48.6 Å². The van der Waals surface area contributed by atoms with Gasteiger partial charge in [0, 0.05) is 0 Å². The summed E-state index contributed by atoms with van der Waals surface area (Å²) < 4.78 is 252. The fraction of sp³-hybridized carbons (Fsp3) is 0.526. The highest BCUT2D eigenvalue weighted by Gasteiger charge is 2.93. The Morgan fingerprint density at radius 1 is 0.791 bits per heavy atom. The molecule has 2 rings (SSSR count). The highest BCUT2D eigenvalue weighted by Crippen LogP contribution is 2.63. The summed E-state index contributed by atoms with van der Waals surface area (Å²) in [5.41, 5.74) is -3.20. The Balaban J connectivity index is 2.56. The standard InChI is InChI=1S/C19H9F18N3O3/c1-2-42-7(41)4-38-10-6(20)3-5(8(21)9(10)22)11-39-12(40-43-11)13(23,24)14(25,26)15(27,28)16(29,30)17(31,32)18(33,34)19(35,36)37/h3,38H,2,4H2,1H3. The van der Waals surface area contributed by atoms with Gasteiger partial charge in [-0.2, -0.15) is 70.8 Å². The Hall–Kier alpha value is -3.63. The zero-order valence-electron chi connectivity index (χ0n) is 19.9. The fourth-order valence-corrected chi connectivity index (χ4v) is 2.85. The molecule has 0 saturated heterocycles. The van der Waals surface area contributed by atoms with Crippen LogP contribution in [-0.4, -0.2) is 65.1 Å². The van der Waals surface area contributed by atoms with Crippen LogP contribution >= 0.6 is 0 Å². The molecule has 0 unspecified atom stereocenters. The molecule has 0 fully saturated rings. The number of ether oxygens (including phenoxy) is 1. The minimum absolute atomic E-state index is 0.206. The van der Waals surface area contributed by atoms with Crippen LogP contribution in [0.15, 0.2) is 10.6 Å². The van der Waals surface area contributed by atoms with Gasteiger partial charge >= 0.3 is 47.7 Å². The van der Waals surface area contributed by atoms with Gasteiger partial charge in [-0.3, -0.25) is 4.79 Å². The number of carbonyl (C=O) groups excluding carboxylic acids is 1. The first-order valence-electron chi connectivity index (χ1n) is 10.4. The molecule has 0 aliphatic heterocycles. The normalized spacial score (nSPS) is 14.2. The van der Waals surface area contributed by atoms with E-state index in [0.717, 1.165) is 0 Å². The maximum atomic E-state index is 14.4. The second-order valence-electron chi connectivity index (χ2n) is 7.93. The zero-order chi connectivity index (χ0) is 33.8. The van der Waals surface area contributed by atoms with E-state index in [1.165, 1.54) is 6.92 Å². The molecule has 0 atom stereocenters. The van der Waals surface area contributed by atoms with E-state index in [1.807, 2.05) is 5.16 Å². The van der Waals surface area contributed by atoms with Crippen LogP contribution in [-0.2, 0) is 15.5 Å². The van der Waals surface area contributed by atoms with Crippen molar-refractivity contribution in [1.29, 1.82) is 0 Å². The molecule has 1 heterocycles. The minimum atomic E-state index is -8.59. The summed E-state index contributed by atoms with van der Waals surface area (Å²) in [6.07, 6.45) is -7.80. The molecule has 0 aliphatic carbocycles. The average Bonchev–Trinajstić information content (AvgIpc) is 3.36. The van der Waals surface area contributed by atoms with E-state index in [0.29, 0.717) is 0 Å². The smallest absolute Gasteiger partial charge is 0.460 e. The topological polar surface area (TPSA) is 77.2 Å². The number of nitrogens with zero attached hydrogens (tertiary/aromatic N) is 2. The fourth-order valence-electron chi connectivity index (χ4n) is 2.85.